The van der Waals surface area contributed by atoms with E-state index >= 15 is 0 Å². The molecule has 0 bridgehead atoms. The fourth-order valence-electron chi connectivity index (χ4n) is 4.94. The number of carbonyl (C=O) groups is 1. The number of carbonyl (C=O) groups excluding carboxylic acids is 1. The minimum Gasteiger partial charge on any atom is -0.493 e. The number of aryl methyl sites for hydroxylation is 2. The first kappa shape index (κ1) is 26.0. The van der Waals surface area contributed by atoms with E-state index in [2.05, 4.69) is 22.9 Å². The Morgan fingerprint density at radius 3 is 2.50 bits per heavy atom. The fraction of sp³-hybridized carbons (Fsp3) is 0.290. The third-order valence-electron chi connectivity index (χ3n) is 7.08. The van der Waals surface area contributed by atoms with Gasteiger partial charge >= 0.3 is 0 Å². The molecule has 4 aromatic rings. The summed E-state index contributed by atoms with van der Waals surface area (Å²) in [6.07, 6.45) is 3.15. The van der Waals surface area contributed by atoms with Gasteiger partial charge in [-0.25, -0.2) is 0 Å². The maximum absolute atomic E-state index is 14.0. The second kappa shape index (κ2) is 10.7. The van der Waals surface area contributed by atoms with Crippen molar-refractivity contribution in [3.63, 3.8) is 0 Å². The molecule has 0 saturated carbocycles. The van der Waals surface area contributed by atoms with Crippen molar-refractivity contribution in [2.24, 2.45) is 0 Å². The summed E-state index contributed by atoms with van der Waals surface area (Å²) >= 11 is 3.51. The number of fused-ring (bicyclic) bond motifs is 2. The first-order valence-electron chi connectivity index (χ1n) is 12.8. The molecule has 0 aliphatic carbocycles. The van der Waals surface area contributed by atoms with Crippen LogP contribution in [-0.2, 0) is 0 Å². The number of nitrogens with zero attached hydrogens (tertiary/aromatic N) is 1. The van der Waals surface area contributed by atoms with Gasteiger partial charge in [-0.1, -0.05) is 47.8 Å². The van der Waals surface area contributed by atoms with Crippen LogP contribution in [0, 0.1) is 13.8 Å². The van der Waals surface area contributed by atoms with Gasteiger partial charge in [-0.2, -0.15) is 0 Å². The van der Waals surface area contributed by atoms with E-state index in [9.17, 15) is 9.59 Å². The molecule has 5 rings (SSSR count). The van der Waals surface area contributed by atoms with Crippen molar-refractivity contribution in [1.82, 2.24) is 0 Å². The van der Waals surface area contributed by atoms with Crippen molar-refractivity contribution in [3.05, 3.63) is 97.3 Å². The van der Waals surface area contributed by atoms with E-state index in [1.54, 1.807) is 12.0 Å². The van der Waals surface area contributed by atoms with Crippen molar-refractivity contribution < 1.29 is 18.7 Å². The molecular weight excluding hydrogens is 546 g/mol. The number of anilines is 1. The lowest BCUT2D eigenvalue weighted by Crippen LogP contribution is -2.29. The van der Waals surface area contributed by atoms with E-state index in [-0.39, 0.29) is 17.1 Å². The van der Waals surface area contributed by atoms with Crippen LogP contribution in [0.2, 0.25) is 0 Å². The molecule has 1 unspecified atom stereocenters. The summed E-state index contributed by atoms with van der Waals surface area (Å²) in [5, 5.41) is 0.462. The maximum Gasteiger partial charge on any atom is 0.295 e. The molecule has 1 aromatic heterocycles. The van der Waals surface area contributed by atoms with Crippen LogP contribution in [0.4, 0.5) is 5.69 Å². The first-order valence-corrected chi connectivity index (χ1v) is 13.6. The molecule has 3 aromatic carbocycles. The van der Waals surface area contributed by atoms with Gasteiger partial charge in [0.1, 0.15) is 5.58 Å². The highest BCUT2D eigenvalue weighted by molar-refractivity contribution is 9.10. The summed E-state index contributed by atoms with van der Waals surface area (Å²) in [7, 11) is 1.59. The number of methoxy groups -OCH3 is 1. The van der Waals surface area contributed by atoms with Gasteiger partial charge < -0.3 is 13.9 Å². The van der Waals surface area contributed by atoms with Gasteiger partial charge in [0.2, 0.25) is 5.76 Å². The van der Waals surface area contributed by atoms with Crippen LogP contribution in [0.5, 0.6) is 11.5 Å². The Hall–Kier alpha value is -3.58. The van der Waals surface area contributed by atoms with Crippen LogP contribution < -0.4 is 19.8 Å². The van der Waals surface area contributed by atoms with Crippen molar-refractivity contribution in [1.29, 1.82) is 0 Å². The summed E-state index contributed by atoms with van der Waals surface area (Å²) in [4.78, 5) is 29.5. The molecule has 1 atom stereocenters. The molecule has 0 N–H and O–H groups in total. The van der Waals surface area contributed by atoms with Gasteiger partial charge in [-0.05, 0) is 79.4 Å². The number of amides is 1. The van der Waals surface area contributed by atoms with E-state index in [4.69, 9.17) is 13.9 Å². The molecule has 6 nitrogen and oxygen atoms in total. The van der Waals surface area contributed by atoms with Gasteiger partial charge in [0, 0.05) is 10.2 Å². The van der Waals surface area contributed by atoms with Crippen LogP contribution in [0.1, 0.15) is 65.0 Å². The molecule has 0 saturated heterocycles. The molecule has 2 heterocycles. The predicted molar refractivity (Wildman–Crippen MR) is 153 cm³/mol. The van der Waals surface area contributed by atoms with Crippen molar-refractivity contribution in [2.45, 2.75) is 46.1 Å². The molecule has 38 heavy (non-hydrogen) atoms. The van der Waals surface area contributed by atoms with Crippen LogP contribution in [0.15, 0.2) is 68.3 Å². The van der Waals surface area contributed by atoms with Crippen molar-refractivity contribution in [3.8, 4) is 11.5 Å². The SMILES string of the molecule is CCCCCOc1ccc(C2c3c(oc4cc(C)c(C)cc4c3=O)C(=O)N2c2cccc(Br)c2)cc1OC. The molecule has 1 aliphatic rings. The number of halogens is 1. The van der Waals surface area contributed by atoms with E-state index < -0.39 is 6.04 Å². The standard InChI is InChI=1S/C31H30BrNO5/c1-5-6-7-13-37-24-12-11-20(16-26(24)36-4)28-27-29(34)23-14-18(2)19(3)15-25(23)38-30(27)31(35)33(28)22-10-8-9-21(32)17-22/h8-12,14-17,28H,5-7,13H2,1-4H3. The van der Waals surface area contributed by atoms with E-state index in [0.29, 0.717) is 40.3 Å². The Balaban J connectivity index is 1.69. The Labute approximate surface area is 230 Å². The van der Waals surface area contributed by atoms with E-state index in [0.717, 1.165) is 40.4 Å². The first-order chi connectivity index (χ1) is 18.3. The van der Waals surface area contributed by atoms with Crippen molar-refractivity contribution >= 4 is 38.5 Å². The molecule has 196 valence electrons. The lowest BCUT2D eigenvalue weighted by molar-refractivity contribution is 0.0971. The lowest BCUT2D eigenvalue weighted by Gasteiger charge is -2.26. The highest BCUT2D eigenvalue weighted by Gasteiger charge is 2.44. The zero-order chi connectivity index (χ0) is 27.0. The highest BCUT2D eigenvalue weighted by Crippen LogP contribution is 2.43. The average Bonchev–Trinajstić information content (AvgIpc) is 3.20. The molecule has 7 heteroatoms. The Kier molecular flexibility index (Phi) is 7.30. The molecule has 0 spiro atoms. The molecule has 1 aliphatic heterocycles. The van der Waals surface area contributed by atoms with Gasteiger partial charge in [0.25, 0.3) is 5.91 Å². The minimum absolute atomic E-state index is 0.0644. The summed E-state index contributed by atoms with van der Waals surface area (Å²) in [5.74, 6) is 0.877. The summed E-state index contributed by atoms with van der Waals surface area (Å²) in [6.45, 7) is 6.66. The Bertz CT molecular complexity index is 1590. The monoisotopic (exact) mass is 575 g/mol. The highest BCUT2D eigenvalue weighted by atomic mass is 79.9. The normalized spacial score (nSPS) is 14.7. The number of ether oxygens (including phenoxy) is 2. The predicted octanol–water partition coefficient (Wildman–Crippen LogP) is 7.50. The molecule has 0 radical (unpaired) electrons. The smallest absolute Gasteiger partial charge is 0.295 e. The van der Waals surface area contributed by atoms with E-state index in [1.165, 1.54) is 0 Å². The summed E-state index contributed by atoms with van der Waals surface area (Å²) in [6, 6.07) is 16.0. The molecule has 0 fully saturated rings. The van der Waals surface area contributed by atoms with Crippen LogP contribution in [0.3, 0.4) is 0 Å². The minimum atomic E-state index is -0.697. The van der Waals surface area contributed by atoms with Crippen LogP contribution in [0.25, 0.3) is 11.0 Å². The summed E-state index contributed by atoms with van der Waals surface area (Å²) in [5.41, 5.74) is 3.88. The van der Waals surface area contributed by atoms with Crippen LogP contribution >= 0.6 is 15.9 Å². The Morgan fingerprint density at radius 2 is 1.76 bits per heavy atom. The lowest BCUT2D eigenvalue weighted by atomic mass is 9.97. The fourth-order valence-corrected chi connectivity index (χ4v) is 5.33. The second-order valence-corrected chi connectivity index (χ2v) is 10.5. The average molecular weight is 576 g/mol. The summed E-state index contributed by atoms with van der Waals surface area (Å²) < 4.78 is 18.6. The zero-order valence-electron chi connectivity index (χ0n) is 22.0. The van der Waals surface area contributed by atoms with Crippen molar-refractivity contribution in [2.75, 3.05) is 18.6 Å². The molecular formula is C31H30BrNO5. The zero-order valence-corrected chi connectivity index (χ0v) is 23.6. The van der Waals surface area contributed by atoms with Gasteiger partial charge in [-0.15, -0.1) is 0 Å². The van der Waals surface area contributed by atoms with Gasteiger partial charge in [0.15, 0.2) is 16.9 Å². The third-order valence-corrected chi connectivity index (χ3v) is 7.57. The number of unbranched alkanes of at least 4 members (excludes halogenated alkanes) is 2. The molecule has 1 amide bonds. The number of benzene rings is 3. The van der Waals surface area contributed by atoms with E-state index in [1.807, 2.05) is 68.4 Å². The number of hydrogen-bond donors (Lipinski definition) is 0. The Morgan fingerprint density at radius 1 is 0.974 bits per heavy atom. The van der Waals surface area contributed by atoms with Gasteiger partial charge in [-0.3, -0.25) is 14.5 Å². The van der Waals surface area contributed by atoms with Crippen LogP contribution in [-0.4, -0.2) is 19.6 Å². The largest absolute Gasteiger partial charge is 0.493 e. The second-order valence-electron chi connectivity index (χ2n) is 9.63. The number of rotatable bonds is 8. The third kappa shape index (κ3) is 4.60. The van der Waals surface area contributed by atoms with Gasteiger partial charge in [0.05, 0.1) is 30.7 Å². The quantitative estimate of drug-likeness (QED) is 0.203. The number of hydrogen-bond acceptors (Lipinski definition) is 5. The topological polar surface area (TPSA) is 69.0 Å². The maximum atomic E-state index is 14.0.